The van der Waals surface area contributed by atoms with Crippen molar-refractivity contribution < 1.29 is 65.9 Å². The van der Waals surface area contributed by atoms with Gasteiger partial charge in [-0.1, -0.05) is 102 Å². The highest BCUT2D eigenvalue weighted by atomic mass is 35.5. The van der Waals surface area contributed by atoms with Crippen molar-refractivity contribution in [2.45, 2.75) is 217 Å². The van der Waals surface area contributed by atoms with E-state index in [0.29, 0.717) is 44.1 Å². The van der Waals surface area contributed by atoms with Gasteiger partial charge < -0.3 is 55.6 Å². The Morgan fingerprint density at radius 3 is 1.87 bits per heavy atom. The van der Waals surface area contributed by atoms with Crippen molar-refractivity contribution in [3.05, 3.63) is 34.3 Å². The largest absolute Gasteiger partial charge is 0.417 e. The molecular formula is C64H97ClF3N11O11. The Hall–Kier alpha value is -6.53. The molecule has 8 atom stereocenters. The van der Waals surface area contributed by atoms with E-state index in [9.17, 15) is 56.3 Å². The standard InChI is InChI=1S/C64H97ClF3N11O11/c1-11-39(2)54-61(89)75(7)37-52(82)73(5)38-53(83)77(9)49(35-42-21-14-12-15-22-42)60(88)74(6)36-50(80)70-47(29-27-43-26-28-45(46(65)34-43)64(66,67)68)59(87)79-32-20-25-48(79)57(85)72-63(30-18-19-31-63)62(90)78(10)55(44-23-16-13-17-24-44)58(86)69-40(3)33-51(81)76(8)41(4)56(84)71-54/h26,28,34,39-42,44,47-49,54-55H,11-25,27,29-33,35-38H2,1-10H3,(H,69,86)(H,70,80)(H,71,84)(H,72,85)/t39-,40+,41-,47-,48?,49-,54-,55-/m0/s1. The van der Waals surface area contributed by atoms with Crippen LogP contribution in [-0.4, -0.2) is 216 Å². The van der Waals surface area contributed by atoms with Crippen LogP contribution in [-0.2, 0) is 65.3 Å². The summed E-state index contributed by atoms with van der Waals surface area (Å²) in [7, 11) is 8.58. The SMILES string of the molecule is CC[C@H](C)[C@@H]1NC(=O)[C@H](C)N(C)C(=O)C[C@@H](C)NC(=O)[C@H](C2CCCCC2)N(C)C(=O)C2(CCCC2)NC(=O)C2CCCN2C(=O)[C@H](CCc2ccc(C(F)(F)F)c(Cl)c2)NC(=O)CN(C)C(=O)[C@H](CC2CCCCC2)N(C)C(=O)CN(C)C(=O)CN(C)C1=O. The van der Waals surface area contributed by atoms with E-state index in [4.69, 9.17) is 11.6 Å². The molecule has 6 rings (SSSR count). The van der Waals surface area contributed by atoms with Crippen LogP contribution < -0.4 is 21.3 Å². The van der Waals surface area contributed by atoms with E-state index in [1.54, 1.807) is 20.9 Å². The lowest BCUT2D eigenvalue weighted by Crippen LogP contribution is -2.64. The van der Waals surface area contributed by atoms with Crippen molar-refractivity contribution in [1.82, 2.24) is 55.6 Å². The van der Waals surface area contributed by atoms with E-state index < -0.39 is 155 Å². The Morgan fingerprint density at radius 2 is 1.26 bits per heavy atom. The number of alkyl halides is 3. The first-order valence-electron chi connectivity index (χ1n) is 32.3. The van der Waals surface area contributed by atoms with Gasteiger partial charge in [-0.2, -0.15) is 13.2 Å². The molecule has 2 saturated heterocycles. The van der Waals surface area contributed by atoms with Gasteiger partial charge in [0, 0.05) is 61.3 Å². The summed E-state index contributed by atoms with van der Waals surface area (Å²) in [6, 6.07) is -4.46. The summed E-state index contributed by atoms with van der Waals surface area (Å²) in [5, 5.41) is 11.0. The average Bonchev–Trinajstić information content (AvgIpc) is 1.51. The minimum Gasteiger partial charge on any atom is -0.351 e. The number of likely N-dealkylation sites (N-methyl/N-ethyl adjacent to an activating group) is 6. The molecule has 3 aliphatic carbocycles. The van der Waals surface area contributed by atoms with Crippen LogP contribution in [0.15, 0.2) is 18.2 Å². The van der Waals surface area contributed by atoms with E-state index in [1.807, 2.05) is 6.92 Å². The van der Waals surface area contributed by atoms with Gasteiger partial charge in [-0.25, -0.2) is 0 Å². The van der Waals surface area contributed by atoms with E-state index in [1.165, 1.54) is 67.8 Å². The number of amides is 11. The number of fused-ring (bicyclic) bond motifs is 1. The van der Waals surface area contributed by atoms with E-state index in [-0.39, 0.29) is 63.3 Å². The molecule has 90 heavy (non-hydrogen) atoms. The van der Waals surface area contributed by atoms with Crippen molar-refractivity contribution in [3.63, 3.8) is 0 Å². The fourth-order valence-electron chi connectivity index (χ4n) is 13.6. The van der Waals surface area contributed by atoms with E-state index in [0.717, 1.165) is 78.2 Å². The molecule has 26 heteroatoms. The second kappa shape index (κ2) is 32.2. The van der Waals surface area contributed by atoms with Crippen molar-refractivity contribution in [2.75, 3.05) is 68.5 Å². The van der Waals surface area contributed by atoms with Gasteiger partial charge in [-0.15, -0.1) is 0 Å². The van der Waals surface area contributed by atoms with Crippen molar-refractivity contribution in [2.24, 2.45) is 17.8 Å². The number of carbonyl (C=O) groups is 11. The number of rotatable bonds is 8. The van der Waals surface area contributed by atoms with Crippen LogP contribution in [0.4, 0.5) is 13.2 Å². The lowest BCUT2D eigenvalue weighted by atomic mass is 9.82. The summed E-state index contributed by atoms with van der Waals surface area (Å²) in [5.74, 6) is -7.37. The highest BCUT2D eigenvalue weighted by molar-refractivity contribution is 6.31. The van der Waals surface area contributed by atoms with Crippen LogP contribution >= 0.6 is 11.6 Å². The zero-order chi connectivity index (χ0) is 66.5. The zero-order valence-electron chi connectivity index (χ0n) is 54.3. The molecule has 1 unspecified atom stereocenters. The molecule has 5 fully saturated rings. The quantitative estimate of drug-likeness (QED) is 0.268. The van der Waals surface area contributed by atoms with E-state index >= 15 is 9.59 Å². The number of hydrogen-bond donors (Lipinski definition) is 4. The first-order valence-corrected chi connectivity index (χ1v) is 32.7. The molecule has 2 heterocycles. The van der Waals surface area contributed by atoms with Crippen molar-refractivity contribution >= 4 is 76.6 Å². The normalized spacial score (nSPS) is 27.4. The van der Waals surface area contributed by atoms with Gasteiger partial charge in [0.25, 0.3) is 0 Å². The summed E-state index contributed by atoms with van der Waals surface area (Å²) < 4.78 is 41.3. The molecule has 5 aliphatic rings. The number of nitrogens with zero attached hydrogens (tertiary/aromatic N) is 7. The molecule has 0 radical (unpaired) electrons. The zero-order valence-corrected chi connectivity index (χ0v) is 55.1. The predicted molar refractivity (Wildman–Crippen MR) is 330 cm³/mol. The van der Waals surface area contributed by atoms with Crippen LogP contribution in [0.3, 0.4) is 0 Å². The van der Waals surface area contributed by atoms with Crippen LogP contribution in [0.25, 0.3) is 0 Å². The van der Waals surface area contributed by atoms with Crippen LogP contribution in [0.5, 0.6) is 0 Å². The third-order valence-corrected chi connectivity index (χ3v) is 19.9. The van der Waals surface area contributed by atoms with Gasteiger partial charge in [-0.3, -0.25) is 52.7 Å². The second-order valence-electron chi connectivity index (χ2n) is 26.3. The third kappa shape index (κ3) is 18.4. The predicted octanol–water partition coefficient (Wildman–Crippen LogP) is 5.06. The molecule has 1 spiro atoms. The van der Waals surface area contributed by atoms with Gasteiger partial charge in [0.05, 0.1) is 30.2 Å². The maximum atomic E-state index is 15.2. The molecule has 0 aromatic heterocycles. The van der Waals surface area contributed by atoms with Gasteiger partial charge in [-0.05, 0) is 107 Å². The Kier molecular flexibility index (Phi) is 25.9. The Morgan fingerprint density at radius 1 is 0.644 bits per heavy atom. The van der Waals surface area contributed by atoms with Crippen LogP contribution in [0, 0.1) is 17.8 Å². The number of halogens is 4. The number of benzene rings is 1. The highest BCUT2D eigenvalue weighted by Gasteiger charge is 2.50. The highest BCUT2D eigenvalue weighted by Crippen LogP contribution is 2.38. The molecule has 1 aromatic rings. The summed E-state index contributed by atoms with van der Waals surface area (Å²) >= 11 is 6.12. The van der Waals surface area contributed by atoms with Crippen LogP contribution in [0.2, 0.25) is 5.02 Å². The van der Waals surface area contributed by atoms with Crippen molar-refractivity contribution in [1.29, 1.82) is 0 Å². The molecule has 11 amide bonds. The number of aryl methyl sites for hydroxylation is 1. The number of hydrogen-bond acceptors (Lipinski definition) is 11. The summed E-state index contributed by atoms with van der Waals surface area (Å²) in [6.45, 7) is 5.21. The lowest BCUT2D eigenvalue weighted by Gasteiger charge is -2.41. The molecule has 3 saturated carbocycles. The van der Waals surface area contributed by atoms with Gasteiger partial charge >= 0.3 is 6.18 Å². The molecular weight excluding hydrogens is 1190 g/mol. The van der Waals surface area contributed by atoms with Gasteiger partial charge in [0.2, 0.25) is 65.0 Å². The fourth-order valence-corrected chi connectivity index (χ4v) is 13.9. The lowest BCUT2D eigenvalue weighted by molar-refractivity contribution is -0.150. The Labute approximate surface area is 533 Å². The van der Waals surface area contributed by atoms with Crippen LogP contribution in [0.1, 0.15) is 167 Å². The molecule has 502 valence electrons. The smallest absolute Gasteiger partial charge is 0.351 e. The Balaban J connectivity index is 1.35. The molecule has 22 nitrogen and oxygen atoms in total. The summed E-state index contributed by atoms with van der Waals surface area (Å²) in [6.07, 6.45) is 5.83. The Bertz CT molecular complexity index is 2770. The maximum absolute atomic E-state index is 15.2. The number of nitrogens with one attached hydrogen (secondary N) is 4. The molecule has 1 aromatic carbocycles. The van der Waals surface area contributed by atoms with Crippen molar-refractivity contribution in [3.8, 4) is 0 Å². The fraction of sp³-hybridized carbons (Fsp3) is 0.734. The average molecular weight is 1290 g/mol. The first kappa shape index (κ1) is 72.5. The molecule has 0 bridgehead atoms. The minimum atomic E-state index is -4.74. The summed E-state index contributed by atoms with van der Waals surface area (Å²) in [4.78, 5) is 168. The minimum absolute atomic E-state index is 0.0374. The number of carbonyl (C=O) groups excluding carboxylic acids is 11. The maximum Gasteiger partial charge on any atom is 0.417 e. The van der Waals surface area contributed by atoms with Gasteiger partial charge in [0.1, 0.15) is 41.8 Å². The second-order valence-corrected chi connectivity index (χ2v) is 26.7. The molecule has 4 N–H and O–H groups in total. The topological polar surface area (TPSA) is 259 Å². The van der Waals surface area contributed by atoms with Gasteiger partial charge in [0.15, 0.2) is 0 Å². The summed E-state index contributed by atoms with van der Waals surface area (Å²) in [5.41, 5.74) is -2.22. The first-order chi connectivity index (χ1) is 42.4. The molecule has 2 aliphatic heterocycles. The third-order valence-electron chi connectivity index (χ3n) is 19.6. The monoisotopic (exact) mass is 1290 g/mol. The van der Waals surface area contributed by atoms with E-state index in [2.05, 4.69) is 21.3 Å².